The lowest BCUT2D eigenvalue weighted by Crippen LogP contribution is -2.25. The highest BCUT2D eigenvalue weighted by Gasteiger charge is 2.12. The zero-order valence-corrected chi connectivity index (χ0v) is 12.1. The second kappa shape index (κ2) is 6.76. The fourth-order valence-corrected chi connectivity index (χ4v) is 2.01. The quantitative estimate of drug-likeness (QED) is 0.816. The molecule has 18 heavy (non-hydrogen) atoms. The van der Waals surface area contributed by atoms with Gasteiger partial charge >= 0.3 is 0 Å². The van der Waals surface area contributed by atoms with Gasteiger partial charge in [-0.1, -0.05) is 13.8 Å². The van der Waals surface area contributed by atoms with Crippen LogP contribution in [0.3, 0.4) is 0 Å². The van der Waals surface area contributed by atoms with Crippen LogP contribution in [0, 0.1) is 19.8 Å². The minimum Gasteiger partial charge on any atom is -0.496 e. The van der Waals surface area contributed by atoms with E-state index in [1.807, 2.05) is 26.0 Å². The lowest BCUT2D eigenvalue weighted by Gasteiger charge is -2.17. The molecule has 0 amide bonds. The summed E-state index contributed by atoms with van der Waals surface area (Å²) >= 11 is 0. The molecule has 0 saturated carbocycles. The summed E-state index contributed by atoms with van der Waals surface area (Å²) < 4.78 is 5.28. The summed E-state index contributed by atoms with van der Waals surface area (Å²) in [4.78, 5) is 0. The highest BCUT2D eigenvalue weighted by atomic mass is 16.5. The van der Waals surface area contributed by atoms with Crippen LogP contribution >= 0.6 is 0 Å². The van der Waals surface area contributed by atoms with Crippen molar-refractivity contribution in [3.05, 3.63) is 28.8 Å². The van der Waals surface area contributed by atoms with Gasteiger partial charge in [0.1, 0.15) is 5.75 Å². The summed E-state index contributed by atoms with van der Waals surface area (Å²) in [5.41, 5.74) is 3.10. The molecule has 0 spiro atoms. The molecular formula is C15H25NO2. The van der Waals surface area contributed by atoms with Gasteiger partial charge in [0.2, 0.25) is 0 Å². The van der Waals surface area contributed by atoms with E-state index < -0.39 is 6.10 Å². The maximum atomic E-state index is 10.2. The monoisotopic (exact) mass is 251 g/mol. The van der Waals surface area contributed by atoms with E-state index >= 15 is 0 Å². The molecule has 0 aliphatic carbocycles. The molecular weight excluding hydrogens is 226 g/mol. The van der Waals surface area contributed by atoms with Crippen molar-refractivity contribution in [2.75, 3.05) is 20.2 Å². The number of aryl methyl sites for hydroxylation is 2. The number of rotatable bonds is 6. The third-order valence-electron chi connectivity index (χ3n) is 3.03. The van der Waals surface area contributed by atoms with Crippen molar-refractivity contribution >= 4 is 0 Å². The van der Waals surface area contributed by atoms with Crippen LogP contribution in [0.1, 0.15) is 36.6 Å². The second-order valence-electron chi connectivity index (χ2n) is 5.25. The fraction of sp³-hybridized carbons (Fsp3) is 0.600. The van der Waals surface area contributed by atoms with E-state index in [4.69, 9.17) is 4.74 Å². The number of nitrogens with one attached hydrogen (secondary N) is 1. The third-order valence-corrected chi connectivity index (χ3v) is 3.03. The smallest absolute Gasteiger partial charge is 0.122 e. The van der Waals surface area contributed by atoms with Crippen LogP contribution in [0.2, 0.25) is 0 Å². The Balaban J connectivity index is 2.73. The van der Waals surface area contributed by atoms with Crippen molar-refractivity contribution < 1.29 is 9.84 Å². The predicted octanol–water partition coefficient (Wildman–Crippen LogP) is 2.59. The van der Waals surface area contributed by atoms with E-state index in [2.05, 4.69) is 19.2 Å². The zero-order valence-electron chi connectivity index (χ0n) is 12.1. The summed E-state index contributed by atoms with van der Waals surface area (Å²) in [6.45, 7) is 9.82. The molecule has 0 radical (unpaired) electrons. The third kappa shape index (κ3) is 4.00. The van der Waals surface area contributed by atoms with E-state index in [0.717, 1.165) is 29.0 Å². The van der Waals surface area contributed by atoms with E-state index in [0.29, 0.717) is 12.5 Å². The number of aliphatic hydroxyl groups is 1. The fourth-order valence-electron chi connectivity index (χ4n) is 2.01. The molecule has 3 nitrogen and oxygen atoms in total. The number of aliphatic hydroxyl groups excluding tert-OH is 1. The van der Waals surface area contributed by atoms with Gasteiger partial charge in [0.05, 0.1) is 13.2 Å². The van der Waals surface area contributed by atoms with E-state index in [1.165, 1.54) is 0 Å². The molecule has 0 fully saturated rings. The maximum Gasteiger partial charge on any atom is 0.122 e. The highest BCUT2D eigenvalue weighted by Crippen LogP contribution is 2.26. The topological polar surface area (TPSA) is 41.5 Å². The standard InChI is InChI=1S/C15H25NO2/c1-10(2)8-16-9-14(17)13-6-12(4)15(18-5)7-11(13)3/h6-7,10,14,16-17H,8-9H2,1-5H3. The SMILES string of the molecule is COc1cc(C)c(C(O)CNCC(C)C)cc1C. The summed E-state index contributed by atoms with van der Waals surface area (Å²) in [6.07, 6.45) is -0.464. The molecule has 0 saturated heterocycles. The Morgan fingerprint density at radius 2 is 1.83 bits per heavy atom. The first-order valence-corrected chi connectivity index (χ1v) is 6.49. The Morgan fingerprint density at radius 3 is 2.39 bits per heavy atom. The van der Waals surface area contributed by atoms with Crippen molar-refractivity contribution in [3.63, 3.8) is 0 Å². The molecule has 102 valence electrons. The summed E-state index contributed by atoms with van der Waals surface area (Å²) in [7, 11) is 1.67. The first-order valence-electron chi connectivity index (χ1n) is 6.49. The van der Waals surface area contributed by atoms with Crippen molar-refractivity contribution in [1.29, 1.82) is 0 Å². The average Bonchev–Trinajstić information content (AvgIpc) is 2.30. The first-order chi connectivity index (χ1) is 8.45. The molecule has 2 N–H and O–H groups in total. The van der Waals surface area contributed by atoms with E-state index in [9.17, 15) is 5.11 Å². The van der Waals surface area contributed by atoms with Crippen molar-refractivity contribution in [2.24, 2.45) is 5.92 Å². The number of benzene rings is 1. The van der Waals surface area contributed by atoms with Crippen LogP contribution in [-0.2, 0) is 0 Å². The van der Waals surface area contributed by atoms with Crippen LogP contribution in [0.15, 0.2) is 12.1 Å². The van der Waals surface area contributed by atoms with E-state index in [1.54, 1.807) is 7.11 Å². The molecule has 1 aromatic rings. The average molecular weight is 251 g/mol. The molecule has 1 unspecified atom stereocenters. The lowest BCUT2D eigenvalue weighted by atomic mass is 10.00. The number of hydrogen-bond acceptors (Lipinski definition) is 3. The molecule has 0 heterocycles. The van der Waals surface area contributed by atoms with Gasteiger partial charge in [0.25, 0.3) is 0 Å². The van der Waals surface area contributed by atoms with E-state index in [-0.39, 0.29) is 0 Å². The maximum absolute atomic E-state index is 10.2. The van der Waals surface area contributed by atoms with Gasteiger partial charge in [0, 0.05) is 6.54 Å². The van der Waals surface area contributed by atoms with Gasteiger partial charge < -0.3 is 15.2 Å². The van der Waals surface area contributed by atoms with Gasteiger partial charge in [0.15, 0.2) is 0 Å². The summed E-state index contributed by atoms with van der Waals surface area (Å²) in [5.74, 6) is 1.47. The van der Waals surface area contributed by atoms with Crippen molar-refractivity contribution in [1.82, 2.24) is 5.32 Å². The number of methoxy groups -OCH3 is 1. The van der Waals surface area contributed by atoms with Crippen molar-refractivity contribution in [3.8, 4) is 5.75 Å². The number of ether oxygens (including phenoxy) is 1. The van der Waals surface area contributed by atoms with Crippen LogP contribution in [-0.4, -0.2) is 25.3 Å². The largest absolute Gasteiger partial charge is 0.496 e. The van der Waals surface area contributed by atoms with Crippen LogP contribution in [0.25, 0.3) is 0 Å². The van der Waals surface area contributed by atoms with Gasteiger partial charge in [-0.15, -0.1) is 0 Å². The molecule has 0 aliphatic heterocycles. The molecule has 1 atom stereocenters. The Bertz CT molecular complexity index is 388. The molecule has 3 heteroatoms. The normalized spacial score (nSPS) is 12.8. The van der Waals surface area contributed by atoms with Gasteiger partial charge in [-0.25, -0.2) is 0 Å². The molecule has 0 bridgehead atoms. The van der Waals surface area contributed by atoms with Gasteiger partial charge in [-0.3, -0.25) is 0 Å². The molecule has 1 rings (SSSR count). The molecule has 1 aromatic carbocycles. The minimum atomic E-state index is -0.464. The second-order valence-corrected chi connectivity index (χ2v) is 5.25. The van der Waals surface area contributed by atoms with Crippen LogP contribution in [0.5, 0.6) is 5.75 Å². The Kier molecular flexibility index (Phi) is 5.63. The molecule has 0 aliphatic rings. The van der Waals surface area contributed by atoms with Crippen LogP contribution < -0.4 is 10.1 Å². The summed E-state index contributed by atoms with van der Waals surface area (Å²) in [6, 6.07) is 3.99. The minimum absolute atomic E-state index is 0.464. The lowest BCUT2D eigenvalue weighted by molar-refractivity contribution is 0.172. The van der Waals surface area contributed by atoms with Gasteiger partial charge in [-0.05, 0) is 55.1 Å². The predicted molar refractivity (Wildman–Crippen MR) is 75.1 cm³/mol. The summed E-state index contributed by atoms with van der Waals surface area (Å²) in [5, 5.41) is 13.5. The highest BCUT2D eigenvalue weighted by molar-refractivity contribution is 5.42. The Hall–Kier alpha value is -1.06. The Labute approximate surface area is 110 Å². The first kappa shape index (κ1) is 15.0. The van der Waals surface area contributed by atoms with Gasteiger partial charge in [-0.2, -0.15) is 0 Å². The Morgan fingerprint density at radius 1 is 1.17 bits per heavy atom. The van der Waals surface area contributed by atoms with Crippen molar-refractivity contribution in [2.45, 2.75) is 33.8 Å². The molecule has 0 aromatic heterocycles. The van der Waals surface area contributed by atoms with Crippen LogP contribution in [0.4, 0.5) is 0 Å². The zero-order chi connectivity index (χ0) is 13.7. The number of hydrogen-bond donors (Lipinski definition) is 2.